The zero-order valence-electron chi connectivity index (χ0n) is 14.9. The van der Waals surface area contributed by atoms with Crippen LogP contribution in [0.2, 0.25) is 0 Å². The Labute approximate surface area is 160 Å². The number of rotatable bonds is 5. The molecule has 0 aliphatic heterocycles. The third-order valence-electron chi connectivity index (χ3n) is 3.85. The monoisotopic (exact) mass is 377 g/mol. The Hall–Kier alpha value is -3.87. The van der Waals surface area contributed by atoms with Gasteiger partial charge < -0.3 is 10.6 Å². The van der Waals surface area contributed by atoms with Gasteiger partial charge in [-0.05, 0) is 61.5 Å². The van der Waals surface area contributed by atoms with Crippen LogP contribution in [0, 0.1) is 5.82 Å². The van der Waals surface area contributed by atoms with Gasteiger partial charge in [-0.3, -0.25) is 14.4 Å². The van der Waals surface area contributed by atoms with Crippen LogP contribution < -0.4 is 10.6 Å². The first-order chi connectivity index (χ1) is 13.4. The molecule has 0 fully saturated rings. The van der Waals surface area contributed by atoms with Crippen LogP contribution in [-0.2, 0) is 0 Å². The van der Waals surface area contributed by atoms with Gasteiger partial charge in [0.1, 0.15) is 17.2 Å². The highest BCUT2D eigenvalue weighted by molar-refractivity contribution is 6.06. The van der Waals surface area contributed by atoms with E-state index >= 15 is 0 Å². The van der Waals surface area contributed by atoms with Gasteiger partial charge in [0.25, 0.3) is 11.8 Å². The van der Waals surface area contributed by atoms with Gasteiger partial charge in [-0.1, -0.05) is 12.1 Å². The van der Waals surface area contributed by atoms with Crippen LogP contribution in [0.4, 0.5) is 15.8 Å². The van der Waals surface area contributed by atoms with Gasteiger partial charge in [-0.2, -0.15) is 0 Å². The first-order valence-electron chi connectivity index (χ1n) is 8.39. The summed E-state index contributed by atoms with van der Waals surface area (Å²) in [4.78, 5) is 40.0. The van der Waals surface area contributed by atoms with E-state index in [0.29, 0.717) is 11.3 Å². The molecule has 2 amide bonds. The zero-order chi connectivity index (χ0) is 20.1. The molecule has 7 heteroatoms. The summed E-state index contributed by atoms with van der Waals surface area (Å²) in [5.74, 6) is -1.62. The number of pyridine rings is 1. The fourth-order valence-electron chi connectivity index (χ4n) is 2.43. The summed E-state index contributed by atoms with van der Waals surface area (Å²) in [6.45, 7) is 1.46. The third kappa shape index (κ3) is 4.64. The molecule has 3 rings (SSSR count). The molecule has 0 aliphatic carbocycles. The van der Waals surface area contributed by atoms with Gasteiger partial charge >= 0.3 is 0 Å². The molecular weight excluding hydrogens is 361 g/mol. The smallest absolute Gasteiger partial charge is 0.274 e. The highest BCUT2D eigenvalue weighted by Gasteiger charge is 2.13. The molecule has 0 unspecified atom stereocenters. The quantitative estimate of drug-likeness (QED) is 0.660. The normalized spacial score (nSPS) is 10.2. The van der Waals surface area contributed by atoms with Gasteiger partial charge in [0.15, 0.2) is 5.78 Å². The number of carbonyl (C=O) groups excluding carboxylic acids is 3. The largest absolute Gasteiger partial charge is 0.321 e. The minimum atomic E-state index is -0.564. The molecule has 0 atom stereocenters. The Kier molecular flexibility index (Phi) is 5.55. The fourth-order valence-corrected chi connectivity index (χ4v) is 2.43. The fraction of sp³-hybridized carbons (Fsp3) is 0.0476. The van der Waals surface area contributed by atoms with E-state index in [1.54, 1.807) is 30.3 Å². The highest BCUT2D eigenvalue weighted by atomic mass is 19.1. The van der Waals surface area contributed by atoms with Crippen LogP contribution >= 0.6 is 0 Å². The lowest BCUT2D eigenvalue weighted by molar-refractivity contribution is 0.100. The molecule has 2 aromatic carbocycles. The molecule has 0 aliphatic rings. The Balaban J connectivity index is 1.72. The molecule has 1 aromatic heterocycles. The van der Waals surface area contributed by atoms with Crippen LogP contribution in [0.25, 0.3) is 0 Å². The standard InChI is InChI=1S/C21H16FN3O3/c1-13(26)14-8-10-16(11-9-14)23-20(27)18-6-3-7-19(25-18)21(28)24-17-5-2-4-15(22)12-17/h2-12H,1H3,(H,23,27)(H,24,28). The second kappa shape index (κ2) is 8.22. The average molecular weight is 377 g/mol. The maximum atomic E-state index is 13.2. The Morgan fingerprint density at radius 2 is 1.36 bits per heavy atom. The number of nitrogens with one attached hydrogen (secondary N) is 2. The number of ketones is 1. The van der Waals surface area contributed by atoms with E-state index in [0.717, 1.165) is 0 Å². The van der Waals surface area contributed by atoms with Crippen LogP contribution in [0.5, 0.6) is 0 Å². The van der Waals surface area contributed by atoms with E-state index in [1.165, 1.54) is 43.3 Å². The number of amides is 2. The lowest BCUT2D eigenvalue weighted by Crippen LogP contribution is -2.18. The van der Waals surface area contributed by atoms with Crippen molar-refractivity contribution in [2.24, 2.45) is 0 Å². The Morgan fingerprint density at radius 1 is 0.786 bits per heavy atom. The lowest BCUT2D eigenvalue weighted by atomic mass is 10.1. The summed E-state index contributed by atoms with van der Waals surface area (Å²) < 4.78 is 13.2. The van der Waals surface area contributed by atoms with E-state index in [4.69, 9.17) is 0 Å². The summed E-state index contributed by atoms with van der Waals surface area (Å²) in [5.41, 5.74) is 1.37. The average Bonchev–Trinajstić information content (AvgIpc) is 2.68. The van der Waals surface area contributed by atoms with E-state index in [2.05, 4.69) is 15.6 Å². The molecule has 0 radical (unpaired) electrons. The lowest BCUT2D eigenvalue weighted by Gasteiger charge is -2.08. The van der Waals surface area contributed by atoms with Crippen molar-refractivity contribution in [1.82, 2.24) is 4.98 Å². The number of benzene rings is 2. The van der Waals surface area contributed by atoms with Gasteiger partial charge in [0, 0.05) is 16.9 Å². The maximum absolute atomic E-state index is 13.2. The summed E-state index contributed by atoms with van der Waals surface area (Å²) in [5, 5.41) is 5.18. The van der Waals surface area contributed by atoms with Crippen molar-refractivity contribution in [1.29, 1.82) is 0 Å². The van der Waals surface area contributed by atoms with Crippen molar-refractivity contribution in [2.75, 3.05) is 10.6 Å². The molecule has 0 saturated heterocycles. The second-order valence-electron chi connectivity index (χ2n) is 5.96. The molecule has 0 saturated carbocycles. The third-order valence-corrected chi connectivity index (χ3v) is 3.85. The van der Waals surface area contributed by atoms with Gasteiger partial charge in [-0.15, -0.1) is 0 Å². The summed E-state index contributed by atoms with van der Waals surface area (Å²) in [7, 11) is 0. The van der Waals surface area contributed by atoms with Crippen LogP contribution in [-0.4, -0.2) is 22.6 Å². The van der Waals surface area contributed by atoms with Crippen molar-refractivity contribution < 1.29 is 18.8 Å². The van der Waals surface area contributed by atoms with E-state index < -0.39 is 17.6 Å². The van der Waals surface area contributed by atoms with Crippen LogP contribution in [0.15, 0.2) is 66.7 Å². The molecular formula is C21H16FN3O3. The van der Waals surface area contributed by atoms with Crippen molar-refractivity contribution in [3.8, 4) is 0 Å². The summed E-state index contributed by atoms with van der Waals surface area (Å²) in [6, 6.07) is 16.3. The number of hydrogen-bond donors (Lipinski definition) is 2. The SMILES string of the molecule is CC(=O)c1ccc(NC(=O)c2cccc(C(=O)Nc3cccc(F)c3)n2)cc1. The van der Waals surface area contributed by atoms with E-state index in [1.807, 2.05) is 0 Å². The van der Waals surface area contributed by atoms with E-state index in [-0.39, 0.29) is 22.9 Å². The molecule has 2 N–H and O–H groups in total. The van der Waals surface area contributed by atoms with Gasteiger partial charge in [0.05, 0.1) is 0 Å². The predicted molar refractivity (Wildman–Crippen MR) is 103 cm³/mol. The van der Waals surface area contributed by atoms with Crippen LogP contribution in [0.1, 0.15) is 38.3 Å². The second-order valence-corrected chi connectivity index (χ2v) is 5.96. The first kappa shape index (κ1) is 18.9. The molecule has 3 aromatic rings. The van der Waals surface area contributed by atoms with E-state index in [9.17, 15) is 18.8 Å². The molecule has 0 spiro atoms. The topological polar surface area (TPSA) is 88.2 Å². The summed E-state index contributed by atoms with van der Waals surface area (Å²) >= 11 is 0. The minimum absolute atomic E-state index is 0.0174. The Morgan fingerprint density at radius 3 is 1.93 bits per heavy atom. The van der Waals surface area contributed by atoms with Crippen LogP contribution in [0.3, 0.4) is 0 Å². The molecule has 6 nitrogen and oxygen atoms in total. The Bertz CT molecular complexity index is 1050. The summed E-state index contributed by atoms with van der Waals surface area (Å²) in [6.07, 6.45) is 0. The molecule has 0 bridgehead atoms. The van der Waals surface area contributed by atoms with Gasteiger partial charge in [-0.25, -0.2) is 9.37 Å². The van der Waals surface area contributed by atoms with Crippen molar-refractivity contribution in [3.63, 3.8) is 0 Å². The van der Waals surface area contributed by atoms with Crippen molar-refractivity contribution in [2.45, 2.75) is 6.92 Å². The number of hydrogen-bond acceptors (Lipinski definition) is 4. The number of halogens is 1. The molecule has 140 valence electrons. The predicted octanol–water partition coefficient (Wildman–Crippen LogP) is 3.93. The number of aromatic nitrogens is 1. The number of anilines is 2. The maximum Gasteiger partial charge on any atom is 0.274 e. The first-order valence-corrected chi connectivity index (χ1v) is 8.39. The number of Topliss-reactive ketones (excluding diaryl/α,β-unsaturated/α-hetero) is 1. The number of nitrogens with zero attached hydrogens (tertiary/aromatic N) is 1. The van der Waals surface area contributed by atoms with Gasteiger partial charge in [0.2, 0.25) is 0 Å². The molecule has 28 heavy (non-hydrogen) atoms. The zero-order valence-corrected chi connectivity index (χ0v) is 14.9. The minimum Gasteiger partial charge on any atom is -0.321 e. The number of carbonyl (C=O) groups is 3. The van der Waals surface area contributed by atoms with Crippen molar-refractivity contribution >= 4 is 29.0 Å². The highest BCUT2D eigenvalue weighted by Crippen LogP contribution is 2.13. The molecule has 1 heterocycles. The van der Waals surface area contributed by atoms with Crippen molar-refractivity contribution in [3.05, 3.63) is 89.5 Å².